The Morgan fingerprint density at radius 2 is 1.83 bits per heavy atom. The lowest BCUT2D eigenvalue weighted by Crippen LogP contribution is -2.55. The minimum atomic E-state index is -1.07. The number of anilines is 3. The van der Waals surface area contributed by atoms with Crippen molar-refractivity contribution in [3.05, 3.63) is 48.2 Å². The van der Waals surface area contributed by atoms with Crippen molar-refractivity contribution in [1.82, 2.24) is 19.8 Å². The van der Waals surface area contributed by atoms with Crippen molar-refractivity contribution in [2.24, 2.45) is 0 Å². The Bertz CT molecular complexity index is 1490. The Hall–Kier alpha value is -4.67. The minimum Gasteiger partial charge on any atom is -0.497 e. The number of aliphatic hydroxyl groups is 1. The maximum Gasteiger partial charge on any atom is 0.407 e. The number of hydrogen-bond donors (Lipinski definition) is 3. The number of carbonyl (C=O) groups excluding carboxylic acids is 1. The monoisotopic (exact) mass is 574 g/mol. The topological polar surface area (TPSA) is 158 Å². The van der Waals surface area contributed by atoms with Crippen LogP contribution in [0.2, 0.25) is 0 Å². The summed E-state index contributed by atoms with van der Waals surface area (Å²) in [7, 11) is 1.57. The second kappa shape index (κ2) is 12.9. The van der Waals surface area contributed by atoms with Gasteiger partial charge in [-0.2, -0.15) is 10.2 Å². The molecular formula is C29H34N8O5. The number of methoxy groups -OCH3 is 1. The predicted octanol–water partition coefficient (Wildman–Crippen LogP) is 2.09. The number of benzene rings is 2. The van der Waals surface area contributed by atoms with Gasteiger partial charge in [-0.1, -0.05) is 24.3 Å². The molecule has 3 aromatic rings. The van der Waals surface area contributed by atoms with Crippen LogP contribution in [-0.4, -0.2) is 114 Å². The highest BCUT2D eigenvalue weighted by Crippen LogP contribution is 2.30. The number of ether oxygens (including phenoxy) is 1. The summed E-state index contributed by atoms with van der Waals surface area (Å²) in [5.74, 6) is 1.07. The molecule has 2 aromatic carbocycles. The van der Waals surface area contributed by atoms with E-state index in [4.69, 9.17) is 9.72 Å². The van der Waals surface area contributed by atoms with E-state index in [1.165, 1.54) is 4.90 Å². The summed E-state index contributed by atoms with van der Waals surface area (Å²) in [4.78, 5) is 42.3. The largest absolute Gasteiger partial charge is 0.497 e. The highest BCUT2D eigenvalue weighted by Gasteiger charge is 2.32. The maximum atomic E-state index is 13.7. The molecule has 42 heavy (non-hydrogen) atoms. The first-order valence-corrected chi connectivity index (χ1v) is 13.9. The molecule has 2 saturated heterocycles. The summed E-state index contributed by atoms with van der Waals surface area (Å²) < 4.78 is 5.45. The fourth-order valence-corrected chi connectivity index (χ4v) is 5.44. The Kier molecular flexibility index (Phi) is 8.85. The van der Waals surface area contributed by atoms with E-state index in [-0.39, 0.29) is 31.8 Å². The number of carboxylic acid groups (broad SMARTS) is 1. The summed E-state index contributed by atoms with van der Waals surface area (Å²) in [5, 5.41) is 33.0. The molecule has 5 rings (SSSR count). The molecule has 1 atom stereocenters. The Balaban J connectivity index is 1.48. The third-order valence-electron chi connectivity index (χ3n) is 7.70. The van der Waals surface area contributed by atoms with Crippen LogP contribution in [0, 0.1) is 11.3 Å². The minimum absolute atomic E-state index is 0.0455. The van der Waals surface area contributed by atoms with E-state index in [9.17, 15) is 25.1 Å². The van der Waals surface area contributed by atoms with Crippen LogP contribution in [0.15, 0.2) is 42.5 Å². The van der Waals surface area contributed by atoms with Crippen molar-refractivity contribution in [2.45, 2.75) is 12.5 Å². The third kappa shape index (κ3) is 6.29. The van der Waals surface area contributed by atoms with Crippen molar-refractivity contribution < 1.29 is 24.5 Å². The zero-order valence-corrected chi connectivity index (χ0v) is 23.4. The zero-order chi connectivity index (χ0) is 29.6. The van der Waals surface area contributed by atoms with E-state index >= 15 is 0 Å². The first kappa shape index (κ1) is 28.8. The molecule has 3 N–H and O–H groups in total. The second-order valence-electron chi connectivity index (χ2n) is 10.3. The molecule has 0 spiro atoms. The number of β-amino-alcohol motifs (C(OH)–C–C–N with tert-alkyl or cyclic N) is 1. The van der Waals surface area contributed by atoms with E-state index in [1.54, 1.807) is 19.2 Å². The molecule has 2 aliphatic rings. The van der Waals surface area contributed by atoms with Crippen molar-refractivity contribution in [1.29, 1.82) is 5.26 Å². The van der Waals surface area contributed by atoms with Crippen LogP contribution in [0.25, 0.3) is 10.8 Å². The number of aliphatic hydroxyl groups excluding tert-OH is 1. The van der Waals surface area contributed by atoms with E-state index in [0.717, 1.165) is 10.8 Å². The smallest absolute Gasteiger partial charge is 0.407 e. The molecule has 2 amide bonds. The van der Waals surface area contributed by atoms with Crippen LogP contribution in [0.5, 0.6) is 5.75 Å². The quantitative estimate of drug-likeness (QED) is 0.362. The summed E-state index contributed by atoms with van der Waals surface area (Å²) in [6.07, 6.45) is -1.02. The molecule has 1 aromatic heterocycles. The molecular weight excluding hydrogens is 540 g/mol. The Morgan fingerprint density at radius 3 is 2.55 bits per heavy atom. The second-order valence-corrected chi connectivity index (χ2v) is 10.3. The molecule has 0 radical (unpaired) electrons. The van der Waals surface area contributed by atoms with Crippen LogP contribution >= 0.6 is 0 Å². The van der Waals surface area contributed by atoms with Gasteiger partial charge < -0.3 is 35.0 Å². The summed E-state index contributed by atoms with van der Waals surface area (Å²) in [6.45, 7) is 4.17. The highest BCUT2D eigenvalue weighted by atomic mass is 16.5. The molecule has 0 saturated carbocycles. The van der Waals surface area contributed by atoms with Crippen molar-refractivity contribution in [3.8, 4) is 11.8 Å². The number of piperazine rings is 2. The number of fused-ring (bicyclic) bond motifs is 1. The van der Waals surface area contributed by atoms with Gasteiger partial charge in [0.15, 0.2) is 0 Å². The molecule has 13 nitrogen and oxygen atoms in total. The van der Waals surface area contributed by atoms with Gasteiger partial charge in [0, 0.05) is 69.9 Å². The summed E-state index contributed by atoms with van der Waals surface area (Å²) in [5.41, 5.74) is 0.746. The molecule has 0 unspecified atom stereocenters. The van der Waals surface area contributed by atoms with Gasteiger partial charge in [0.25, 0.3) is 5.91 Å². The van der Waals surface area contributed by atoms with Gasteiger partial charge in [-0.05, 0) is 11.5 Å². The van der Waals surface area contributed by atoms with Gasteiger partial charge in [0.05, 0.1) is 37.9 Å². The van der Waals surface area contributed by atoms with Crippen molar-refractivity contribution >= 4 is 40.2 Å². The van der Waals surface area contributed by atoms with E-state index in [1.807, 2.05) is 40.1 Å². The number of carbonyl (C=O) groups is 2. The van der Waals surface area contributed by atoms with Gasteiger partial charge in [0.2, 0.25) is 5.95 Å². The number of amides is 2. The van der Waals surface area contributed by atoms with Crippen molar-refractivity contribution in [3.63, 3.8) is 0 Å². The summed E-state index contributed by atoms with van der Waals surface area (Å²) in [6, 6.07) is 14.5. The SMILES string of the molecule is COc1cc(NC(=O)c2cc(N3CCN(C(=O)O)[C@@H](CC#N)C3)nc(N3CCN(CCO)CC3)n2)c2ccccc2c1. The standard InChI is InChI=1S/C29H34N8O5/c1-42-22-16-20-4-2-3-5-23(20)24(17-22)31-27(39)25-18-26(36-12-13-37(29(40)41)21(19-36)6-7-30)33-28(32-25)35-10-8-34(9-11-35)14-15-38/h2-5,16-18,21,38H,6,8-15,19H2,1H3,(H,31,39)(H,40,41)/t21-/m0/s1. The Morgan fingerprint density at radius 1 is 1.07 bits per heavy atom. The van der Waals surface area contributed by atoms with Crippen molar-refractivity contribution in [2.75, 3.05) is 81.2 Å². The lowest BCUT2D eigenvalue weighted by molar-refractivity contribution is 0.102. The van der Waals surface area contributed by atoms with Gasteiger partial charge in [-0.15, -0.1) is 0 Å². The van der Waals surface area contributed by atoms with Gasteiger partial charge in [-0.3, -0.25) is 9.69 Å². The fraction of sp³-hybridized carbons (Fsp3) is 0.414. The number of nitriles is 1. The number of aromatic nitrogens is 2. The fourth-order valence-electron chi connectivity index (χ4n) is 5.44. The summed E-state index contributed by atoms with van der Waals surface area (Å²) >= 11 is 0. The maximum absolute atomic E-state index is 13.7. The Labute approximate surface area is 243 Å². The van der Waals surface area contributed by atoms with E-state index in [2.05, 4.69) is 21.3 Å². The molecule has 2 fully saturated rings. The zero-order valence-electron chi connectivity index (χ0n) is 23.4. The number of hydrogen-bond acceptors (Lipinski definition) is 10. The predicted molar refractivity (Wildman–Crippen MR) is 157 cm³/mol. The van der Waals surface area contributed by atoms with Crippen LogP contribution in [0.1, 0.15) is 16.9 Å². The number of nitrogens with zero attached hydrogens (tertiary/aromatic N) is 7. The van der Waals surface area contributed by atoms with E-state index < -0.39 is 18.0 Å². The molecule has 2 aliphatic heterocycles. The van der Waals surface area contributed by atoms with Crippen LogP contribution in [-0.2, 0) is 0 Å². The van der Waals surface area contributed by atoms with Gasteiger partial charge in [0.1, 0.15) is 17.3 Å². The average Bonchev–Trinajstić information content (AvgIpc) is 3.01. The van der Waals surface area contributed by atoms with Crippen LogP contribution in [0.4, 0.5) is 22.2 Å². The average molecular weight is 575 g/mol. The number of nitrogens with one attached hydrogen (secondary N) is 1. The van der Waals surface area contributed by atoms with Gasteiger partial charge >= 0.3 is 6.09 Å². The van der Waals surface area contributed by atoms with E-state index in [0.29, 0.717) is 62.5 Å². The molecule has 3 heterocycles. The lowest BCUT2D eigenvalue weighted by Gasteiger charge is -2.40. The molecule has 0 aliphatic carbocycles. The first-order valence-electron chi connectivity index (χ1n) is 13.9. The molecule has 220 valence electrons. The van der Waals surface area contributed by atoms with Crippen LogP contribution in [0.3, 0.4) is 0 Å². The highest BCUT2D eigenvalue weighted by molar-refractivity contribution is 6.09. The number of rotatable bonds is 8. The first-order chi connectivity index (χ1) is 20.4. The van der Waals surface area contributed by atoms with Crippen LogP contribution < -0.4 is 19.9 Å². The third-order valence-corrected chi connectivity index (χ3v) is 7.70. The lowest BCUT2D eigenvalue weighted by atomic mass is 10.1. The van der Waals surface area contributed by atoms with Gasteiger partial charge in [-0.25, -0.2) is 9.78 Å². The normalized spacial score (nSPS) is 17.6. The molecule has 0 bridgehead atoms. The molecule has 13 heteroatoms.